The van der Waals surface area contributed by atoms with Gasteiger partial charge in [0.25, 0.3) is 0 Å². The fourth-order valence-corrected chi connectivity index (χ4v) is 1.49. The lowest BCUT2D eigenvalue weighted by atomic mass is 10.3. The summed E-state index contributed by atoms with van der Waals surface area (Å²) < 4.78 is 5.12. The van der Waals surface area contributed by atoms with Gasteiger partial charge >= 0.3 is 0 Å². The Morgan fingerprint density at radius 1 is 1.23 bits per heavy atom. The SMILES string of the molecule is Clc1ccccc1Cl.NC1CNCCOC1.OCC(O)CO. The summed E-state index contributed by atoms with van der Waals surface area (Å²) in [5, 5.41) is 28.4. The van der Waals surface area contributed by atoms with E-state index in [1.54, 1.807) is 12.1 Å². The van der Waals surface area contributed by atoms with Crippen LogP contribution in [0.3, 0.4) is 0 Å². The molecule has 1 heterocycles. The van der Waals surface area contributed by atoms with Crippen LogP contribution in [0.2, 0.25) is 10.0 Å². The molecule has 1 unspecified atom stereocenters. The van der Waals surface area contributed by atoms with E-state index >= 15 is 0 Å². The number of aliphatic hydroxyl groups excluding tert-OH is 3. The molecule has 0 saturated carbocycles. The van der Waals surface area contributed by atoms with Crippen molar-refractivity contribution < 1.29 is 20.1 Å². The molecule has 2 rings (SSSR count). The van der Waals surface area contributed by atoms with Crippen molar-refractivity contribution in [3.05, 3.63) is 34.3 Å². The van der Waals surface area contributed by atoms with E-state index in [2.05, 4.69) is 5.32 Å². The van der Waals surface area contributed by atoms with Crippen molar-refractivity contribution in [2.75, 3.05) is 39.5 Å². The molecule has 1 aliphatic heterocycles. The second-order valence-electron chi connectivity index (χ2n) is 4.47. The zero-order valence-electron chi connectivity index (χ0n) is 12.3. The van der Waals surface area contributed by atoms with E-state index in [0.717, 1.165) is 19.7 Å². The summed E-state index contributed by atoms with van der Waals surface area (Å²) in [5.74, 6) is 0. The molecule has 128 valence electrons. The molecule has 0 radical (unpaired) electrons. The van der Waals surface area contributed by atoms with Crippen molar-refractivity contribution in [2.24, 2.45) is 5.73 Å². The largest absolute Gasteiger partial charge is 0.394 e. The van der Waals surface area contributed by atoms with Crippen LogP contribution in [0.4, 0.5) is 0 Å². The minimum Gasteiger partial charge on any atom is -0.394 e. The van der Waals surface area contributed by atoms with Crippen LogP contribution in [0.15, 0.2) is 24.3 Å². The zero-order valence-corrected chi connectivity index (χ0v) is 13.8. The summed E-state index contributed by atoms with van der Waals surface area (Å²) >= 11 is 11.2. The first kappa shape index (κ1) is 21.6. The lowest BCUT2D eigenvalue weighted by Crippen LogP contribution is -2.34. The number of rotatable bonds is 2. The third kappa shape index (κ3) is 12.1. The zero-order chi connectivity index (χ0) is 16.8. The first-order valence-electron chi connectivity index (χ1n) is 6.85. The molecule has 0 amide bonds. The van der Waals surface area contributed by atoms with E-state index in [0.29, 0.717) is 16.7 Å². The van der Waals surface area contributed by atoms with Gasteiger partial charge in [0.05, 0.1) is 36.5 Å². The summed E-state index contributed by atoms with van der Waals surface area (Å²) in [6.07, 6.45) is -0.954. The molecule has 8 heteroatoms. The highest BCUT2D eigenvalue weighted by Gasteiger charge is 2.04. The maximum Gasteiger partial charge on any atom is 0.100 e. The van der Waals surface area contributed by atoms with Crippen LogP contribution in [0, 0.1) is 0 Å². The highest BCUT2D eigenvalue weighted by atomic mass is 35.5. The Bertz CT molecular complexity index is 353. The van der Waals surface area contributed by atoms with Crippen molar-refractivity contribution in [1.82, 2.24) is 5.32 Å². The van der Waals surface area contributed by atoms with Crippen LogP contribution in [0.5, 0.6) is 0 Å². The van der Waals surface area contributed by atoms with Crippen LogP contribution in [0.25, 0.3) is 0 Å². The average molecular weight is 355 g/mol. The fraction of sp³-hybridized carbons (Fsp3) is 0.571. The van der Waals surface area contributed by atoms with E-state index in [1.807, 2.05) is 12.1 Å². The van der Waals surface area contributed by atoms with Gasteiger partial charge in [-0.3, -0.25) is 0 Å². The Hall–Kier alpha value is -0.440. The number of aliphatic hydroxyl groups is 3. The minimum absolute atomic E-state index is 0.192. The van der Waals surface area contributed by atoms with Crippen LogP contribution in [-0.4, -0.2) is 67.0 Å². The van der Waals surface area contributed by atoms with Crippen molar-refractivity contribution >= 4 is 23.2 Å². The third-order valence-corrected chi connectivity index (χ3v) is 3.16. The van der Waals surface area contributed by atoms with E-state index < -0.39 is 6.10 Å². The molecule has 1 atom stereocenters. The molecule has 0 bridgehead atoms. The monoisotopic (exact) mass is 354 g/mol. The van der Waals surface area contributed by atoms with E-state index in [1.165, 1.54) is 0 Å². The predicted molar refractivity (Wildman–Crippen MR) is 88.3 cm³/mol. The van der Waals surface area contributed by atoms with Gasteiger partial charge in [-0.05, 0) is 12.1 Å². The van der Waals surface area contributed by atoms with Crippen LogP contribution in [0.1, 0.15) is 0 Å². The summed E-state index contributed by atoms with van der Waals surface area (Å²) in [7, 11) is 0. The molecule has 1 aromatic rings. The maximum atomic E-state index is 8.17. The maximum absolute atomic E-state index is 8.17. The van der Waals surface area contributed by atoms with Crippen LogP contribution < -0.4 is 11.1 Å². The summed E-state index contributed by atoms with van der Waals surface area (Å²) in [6.45, 7) is 2.60. The van der Waals surface area contributed by atoms with Gasteiger partial charge in [0.15, 0.2) is 0 Å². The molecule has 1 aliphatic rings. The summed E-state index contributed by atoms with van der Waals surface area (Å²) in [6, 6.07) is 7.38. The van der Waals surface area contributed by atoms with Crippen LogP contribution in [-0.2, 0) is 4.74 Å². The second kappa shape index (κ2) is 14.2. The third-order valence-electron chi connectivity index (χ3n) is 2.41. The van der Waals surface area contributed by atoms with Gasteiger partial charge in [0.2, 0.25) is 0 Å². The highest BCUT2D eigenvalue weighted by Crippen LogP contribution is 2.19. The number of benzene rings is 1. The Balaban J connectivity index is 0.000000306. The Morgan fingerprint density at radius 3 is 2.18 bits per heavy atom. The standard InChI is InChI=1S/C6H4Cl2.C5H12N2O.C3H8O3/c7-5-3-1-2-4-6(5)8;6-5-3-7-1-2-8-4-5;4-1-3(6)2-5/h1-4H;5,7H,1-4,6H2;3-6H,1-2H2. The lowest BCUT2D eigenvalue weighted by molar-refractivity contribution is 0.0450. The number of hydrogen-bond donors (Lipinski definition) is 5. The van der Waals surface area contributed by atoms with Crippen molar-refractivity contribution in [3.8, 4) is 0 Å². The topological polar surface area (TPSA) is 108 Å². The first-order chi connectivity index (χ1) is 10.5. The van der Waals surface area contributed by atoms with Gasteiger partial charge in [-0.25, -0.2) is 0 Å². The molecule has 0 aromatic heterocycles. The molecule has 1 saturated heterocycles. The summed E-state index contributed by atoms with van der Waals surface area (Å²) in [5.41, 5.74) is 5.55. The van der Waals surface area contributed by atoms with Gasteiger partial charge < -0.3 is 31.1 Å². The fourth-order valence-electron chi connectivity index (χ4n) is 1.22. The molecule has 0 spiro atoms. The number of nitrogens with one attached hydrogen (secondary N) is 1. The Kier molecular flexibility index (Phi) is 13.9. The van der Waals surface area contributed by atoms with E-state index in [-0.39, 0.29) is 19.3 Å². The smallest absolute Gasteiger partial charge is 0.100 e. The minimum atomic E-state index is -0.954. The van der Waals surface area contributed by atoms with E-state index in [4.69, 9.17) is 49.0 Å². The first-order valence-corrected chi connectivity index (χ1v) is 7.60. The van der Waals surface area contributed by atoms with Crippen molar-refractivity contribution in [3.63, 3.8) is 0 Å². The quantitative estimate of drug-likeness (QED) is 0.521. The van der Waals surface area contributed by atoms with Gasteiger partial charge in [-0.2, -0.15) is 0 Å². The molecule has 6 nitrogen and oxygen atoms in total. The van der Waals surface area contributed by atoms with E-state index in [9.17, 15) is 0 Å². The Labute approximate surface area is 140 Å². The molecule has 0 aliphatic carbocycles. The molecular formula is C14H24Cl2N2O4. The normalized spacial score (nSPS) is 17.7. The summed E-state index contributed by atoms with van der Waals surface area (Å²) in [4.78, 5) is 0. The second-order valence-corrected chi connectivity index (χ2v) is 5.29. The number of halogens is 2. The van der Waals surface area contributed by atoms with Gasteiger partial charge in [-0.15, -0.1) is 0 Å². The molecule has 1 fully saturated rings. The Morgan fingerprint density at radius 2 is 1.77 bits per heavy atom. The van der Waals surface area contributed by atoms with Crippen molar-refractivity contribution in [2.45, 2.75) is 12.1 Å². The number of hydrogen-bond acceptors (Lipinski definition) is 6. The van der Waals surface area contributed by atoms with Crippen molar-refractivity contribution in [1.29, 1.82) is 0 Å². The van der Waals surface area contributed by atoms with Gasteiger partial charge in [0, 0.05) is 19.1 Å². The van der Waals surface area contributed by atoms with Gasteiger partial charge in [0.1, 0.15) is 6.10 Å². The molecule has 1 aromatic carbocycles. The highest BCUT2D eigenvalue weighted by molar-refractivity contribution is 6.41. The number of ether oxygens (including phenoxy) is 1. The lowest BCUT2D eigenvalue weighted by Gasteiger charge is -2.03. The van der Waals surface area contributed by atoms with Crippen LogP contribution >= 0.6 is 23.2 Å². The average Bonchev–Trinajstić information content (AvgIpc) is 2.78. The number of nitrogens with two attached hydrogens (primary N) is 1. The molecule has 22 heavy (non-hydrogen) atoms. The van der Waals surface area contributed by atoms with Gasteiger partial charge in [-0.1, -0.05) is 35.3 Å². The molecular weight excluding hydrogens is 331 g/mol. The molecule has 6 N–H and O–H groups in total. The predicted octanol–water partition coefficient (Wildman–Crippen LogP) is 0.259.